The molecule has 1 amide bonds. The smallest absolute Gasteiger partial charge is 0.306 e. The Bertz CT molecular complexity index is 956. The highest BCUT2D eigenvalue weighted by Gasteiger charge is 2.30. The normalized spacial score (nSPS) is 16.6. The summed E-state index contributed by atoms with van der Waals surface area (Å²) in [6.45, 7) is 1.89. The third-order valence-corrected chi connectivity index (χ3v) is 10.3. The molecule has 0 unspecified atom stereocenters. The molecular formula is C40H69NO8. The number of carbonyl (C=O) groups is 6. The van der Waals surface area contributed by atoms with Crippen LogP contribution in [0.15, 0.2) is 0 Å². The Balaban J connectivity index is 2.00. The van der Waals surface area contributed by atoms with E-state index in [4.69, 9.17) is 5.11 Å². The molecule has 1 fully saturated rings. The zero-order valence-corrected chi connectivity index (χ0v) is 30.8. The van der Waals surface area contributed by atoms with E-state index in [-0.39, 0.29) is 42.7 Å². The molecular weight excluding hydrogens is 622 g/mol. The Morgan fingerprint density at radius 2 is 1.08 bits per heavy atom. The molecule has 282 valence electrons. The summed E-state index contributed by atoms with van der Waals surface area (Å²) in [5.74, 6) is -2.12. The van der Waals surface area contributed by atoms with Crippen LogP contribution in [-0.4, -0.2) is 52.0 Å². The van der Waals surface area contributed by atoms with Crippen molar-refractivity contribution in [2.45, 2.75) is 193 Å². The van der Waals surface area contributed by atoms with E-state index in [1.807, 2.05) is 0 Å². The minimum atomic E-state index is -1.04. The van der Waals surface area contributed by atoms with Gasteiger partial charge >= 0.3 is 11.9 Å². The highest BCUT2D eigenvalue weighted by Crippen LogP contribution is 2.34. The van der Waals surface area contributed by atoms with E-state index in [9.17, 15) is 33.9 Å². The summed E-state index contributed by atoms with van der Waals surface area (Å²) in [7, 11) is 0. The molecule has 9 heteroatoms. The van der Waals surface area contributed by atoms with Crippen LogP contribution >= 0.6 is 0 Å². The predicted octanol–water partition coefficient (Wildman–Crippen LogP) is 9.17. The number of rotatable bonds is 33. The number of hydrogen-bond donors (Lipinski definition) is 3. The van der Waals surface area contributed by atoms with Crippen LogP contribution in [0.5, 0.6) is 0 Å². The molecule has 0 aromatic rings. The van der Waals surface area contributed by atoms with E-state index in [1.165, 1.54) is 77.6 Å². The van der Waals surface area contributed by atoms with Crippen molar-refractivity contribution in [3.8, 4) is 0 Å². The van der Waals surface area contributed by atoms with E-state index in [0.717, 1.165) is 64.2 Å². The van der Waals surface area contributed by atoms with Gasteiger partial charge in [0.15, 0.2) is 0 Å². The Kier molecular flexibility index (Phi) is 26.5. The number of Topliss-reactive ketones (excluding diaryl/α,β-unsaturated/α-hetero) is 3. The average molecular weight is 692 g/mol. The molecule has 0 bridgehead atoms. The van der Waals surface area contributed by atoms with Crippen molar-refractivity contribution in [2.75, 3.05) is 6.54 Å². The van der Waals surface area contributed by atoms with Gasteiger partial charge in [-0.2, -0.15) is 0 Å². The van der Waals surface area contributed by atoms with Crippen molar-refractivity contribution >= 4 is 35.2 Å². The molecule has 0 saturated heterocycles. The van der Waals surface area contributed by atoms with Crippen LogP contribution in [0.1, 0.15) is 193 Å². The second-order valence-electron chi connectivity index (χ2n) is 14.7. The molecule has 1 atom stereocenters. The first-order valence-electron chi connectivity index (χ1n) is 19.8. The number of nitrogens with one attached hydrogen (secondary N) is 1. The second-order valence-corrected chi connectivity index (χ2v) is 14.7. The monoisotopic (exact) mass is 692 g/mol. The maximum Gasteiger partial charge on any atom is 0.306 e. The van der Waals surface area contributed by atoms with Gasteiger partial charge in [0.05, 0.1) is 5.92 Å². The third kappa shape index (κ3) is 26.0. The highest BCUT2D eigenvalue weighted by molar-refractivity contribution is 5.86. The van der Waals surface area contributed by atoms with E-state index in [2.05, 4.69) is 5.32 Å². The SMILES string of the molecule is CC(=O)CCCNC(=O)CC[C@H](CC(=O)C1CCC(CCC(=O)CCCCCCCCCCCCCCCCCCC(=O)O)CC1)C(=O)O. The van der Waals surface area contributed by atoms with E-state index < -0.39 is 17.9 Å². The fraction of sp³-hybridized carbons (Fsp3) is 0.850. The van der Waals surface area contributed by atoms with E-state index in [1.54, 1.807) is 0 Å². The summed E-state index contributed by atoms with van der Waals surface area (Å²) in [5.41, 5.74) is 0. The van der Waals surface area contributed by atoms with Gasteiger partial charge in [-0.15, -0.1) is 0 Å². The molecule has 0 heterocycles. The average Bonchev–Trinajstić information content (AvgIpc) is 3.06. The zero-order valence-electron chi connectivity index (χ0n) is 30.8. The van der Waals surface area contributed by atoms with Crippen LogP contribution in [0, 0.1) is 17.8 Å². The van der Waals surface area contributed by atoms with Crippen LogP contribution in [0.4, 0.5) is 0 Å². The van der Waals surface area contributed by atoms with Crippen molar-refractivity contribution in [3.05, 3.63) is 0 Å². The molecule has 0 aliphatic heterocycles. The van der Waals surface area contributed by atoms with Crippen LogP contribution in [0.25, 0.3) is 0 Å². The number of unbranched alkanes of at least 4 members (excludes halogenated alkanes) is 15. The maximum atomic E-state index is 12.9. The summed E-state index contributed by atoms with van der Waals surface area (Å²) in [4.78, 5) is 70.6. The highest BCUT2D eigenvalue weighted by atomic mass is 16.4. The zero-order chi connectivity index (χ0) is 36.1. The van der Waals surface area contributed by atoms with Crippen LogP contribution < -0.4 is 5.32 Å². The van der Waals surface area contributed by atoms with Crippen molar-refractivity contribution in [1.29, 1.82) is 0 Å². The Morgan fingerprint density at radius 1 is 0.592 bits per heavy atom. The number of hydrogen-bond acceptors (Lipinski definition) is 6. The number of ketones is 3. The van der Waals surface area contributed by atoms with Crippen LogP contribution in [0.3, 0.4) is 0 Å². The quantitative estimate of drug-likeness (QED) is 0.0576. The molecule has 1 aliphatic carbocycles. The van der Waals surface area contributed by atoms with Gasteiger partial charge in [0.25, 0.3) is 0 Å². The van der Waals surface area contributed by atoms with Gasteiger partial charge in [-0.25, -0.2) is 0 Å². The van der Waals surface area contributed by atoms with E-state index in [0.29, 0.717) is 50.4 Å². The molecule has 1 aliphatic rings. The lowest BCUT2D eigenvalue weighted by Gasteiger charge is -2.28. The molecule has 9 nitrogen and oxygen atoms in total. The molecule has 1 rings (SSSR count). The first-order valence-corrected chi connectivity index (χ1v) is 19.8. The van der Waals surface area contributed by atoms with Crippen molar-refractivity contribution in [2.24, 2.45) is 17.8 Å². The van der Waals surface area contributed by atoms with Crippen molar-refractivity contribution in [3.63, 3.8) is 0 Å². The fourth-order valence-electron chi connectivity index (χ4n) is 7.02. The van der Waals surface area contributed by atoms with Gasteiger partial charge in [0, 0.05) is 51.0 Å². The number of carboxylic acids is 2. The topological polar surface area (TPSA) is 155 Å². The number of amides is 1. The van der Waals surface area contributed by atoms with Gasteiger partial charge in [-0.05, 0) is 70.6 Å². The number of carboxylic acid groups (broad SMARTS) is 2. The van der Waals surface area contributed by atoms with Gasteiger partial charge in [-0.3, -0.25) is 24.0 Å². The van der Waals surface area contributed by atoms with Crippen LogP contribution in [-0.2, 0) is 28.8 Å². The molecule has 1 saturated carbocycles. The first-order chi connectivity index (χ1) is 23.6. The van der Waals surface area contributed by atoms with Gasteiger partial charge in [0.1, 0.15) is 17.3 Å². The molecule has 0 spiro atoms. The maximum absolute atomic E-state index is 12.9. The fourth-order valence-corrected chi connectivity index (χ4v) is 7.02. The lowest BCUT2D eigenvalue weighted by atomic mass is 9.76. The summed E-state index contributed by atoms with van der Waals surface area (Å²) >= 11 is 0. The Labute approximate surface area is 296 Å². The minimum absolute atomic E-state index is 0.0187. The molecule has 49 heavy (non-hydrogen) atoms. The lowest BCUT2D eigenvalue weighted by Crippen LogP contribution is -2.29. The van der Waals surface area contributed by atoms with Gasteiger partial charge in [-0.1, -0.05) is 89.9 Å². The molecule has 0 aromatic heterocycles. The Hall–Kier alpha value is -2.58. The summed E-state index contributed by atoms with van der Waals surface area (Å²) in [6, 6.07) is 0. The largest absolute Gasteiger partial charge is 0.481 e. The van der Waals surface area contributed by atoms with Crippen LogP contribution in [0.2, 0.25) is 0 Å². The minimum Gasteiger partial charge on any atom is -0.481 e. The number of carbonyl (C=O) groups excluding carboxylic acids is 4. The first kappa shape index (κ1) is 44.4. The lowest BCUT2D eigenvalue weighted by molar-refractivity contribution is -0.145. The van der Waals surface area contributed by atoms with Gasteiger partial charge in [0.2, 0.25) is 5.91 Å². The van der Waals surface area contributed by atoms with Crippen molar-refractivity contribution in [1.82, 2.24) is 5.32 Å². The second kappa shape index (κ2) is 29.2. The number of aliphatic carboxylic acids is 2. The third-order valence-electron chi connectivity index (χ3n) is 10.3. The molecule has 0 radical (unpaired) electrons. The van der Waals surface area contributed by atoms with E-state index >= 15 is 0 Å². The molecule has 0 aromatic carbocycles. The molecule has 3 N–H and O–H groups in total. The summed E-state index contributed by atoms with van der Waals surface area (Å²) in [6.07, 6.45) is 26.1. The Morgan fingerprint density at radius 3 is 1.55 bits per heavy atom. The standard InChI is InChI=1S/C40H69NO8/c1-32(42)19-18-30-41-38(45)29-27-35(40(48)49)31-37(44)34-25-22-33(23-26-34)24-28-36(43)20-16-14-12-10-8-6-4-2-3-5-7-9-11-13-15-17-21-39(46)47/h33-35H,2-31H2,1H3,(H,41,45)(H,46,47)(H,48,49)/t33?,34?,35-/m1/s1. The summed E-state index contributed by atoms with van der Waals surface area (Å²) in [5, 5.41) is 21.0. The van der Waals surface area contributed by atoms with Crippen molar-refractivity contribution < 1.29 is 39.0 Å². The summed E-state index contributed by atoms with van der Waals surface area (Å²) < 4.78 is 0. The predicted molar refractivity (Wildman–Crippen MR) is 193 cm³/mol. The van der Waals surface area contributed by atoms with Gasteiger partial charge < -0.3 is 20.3 Å².